The Morgan fingerprint density at radius 3 is 2.71 bits per heavy atom. The minimum absolute atomic E-state index is 0.203. The number of aliphatic hydroxyl groups is 1. The van der Waals surface area contributed by atoms with Crippen LogP contribution in [0.25, 0.3) is 0 Å². The zero-order valence-corrected chi connectivity index (χ0v) is 11.3. The van der Waals surface area contributed by atoms with Gasteiger partial charge in [0.2, 0.25) is 0 Å². The van der Waals surface area contributed by atoms with Crippen LogP contribution >= 0.6 is 0 Å². The third-order valence-electron chi connectivity index (χ3n) is 3.86. The summed E-state index contributed by atoms with van der Waals surface area (Å²) in [4.78, 5) is 0. The van der Waals surface area contributed by atoms with E-state index < -0.39 is 0 Å². The largest absolute Gasteiger partial charge is 0.393 e. The molecule has 1 N–H and O–H groups in total. The average Bonchev–Trinajstić information content (AvgIpc) is 2.35. The first-order chi connectivity index (χ1) is 8.13. The molecule has 98 valence electrons. The Labute approximate surface area is 105 Å². The lowest BCUT2D eigenvalue weighted by Crippen LogP contribution is -2.35. The highest BCUT2D eigenvalue weighted by molar-refractivity contribution is 5.08. The summed E-state index contributed by atoms with van der Waals surface area (Å²) in [5.41, 5.74) is 0. The molecule has 0 aromatic rings. The summed E-state index contributed by atoms with van der Waals surface area (Å²) in [6.07, 6.45) is 9.55. The van der Waals surface area contributed by atoms with Gasteiger partial charge < -0.3 is 9.84 Å². The van der Waals surface area contributed by atoms with Crippen molar-refractivity contribution in [3.8, 4) is 0 Å². The molecule has 1 aliphatic rings. The molecule has 1 rings (SSSR count). The summed E-state index contributed by atoms with van der Waals surface area (Å²) < 4.78 is 5.60. The fourth-order valence-electron chi connectivity index (χ4n) is 2.73. The molecule has 0 fully saturated rings. The molecule has 1 aliphatic carbocycles. The fraction of sp³-hybridized carbons (Fsp3) is 0.733. The number of hydrogen-bond acceptors (Lipinski definition) is 2. The van der Waals surface area contributed by atoms with Crippen molar-refractivity contribution >= 4 is 0 Å². The molecule has 2 nitrogen and oxygen atoms in total. The van der Waals surface area contributed by atoms with Gasteiger partial charge in [0, 0.05) is 18.9 Å². The predicted octanol–water partition coefficient (Wildman–Crippen LogP) is 3.18. The second-order valence-corrected chi connectivity index (χ2v) is 5.06. The van der Waals surface area contributed by atoms with Gasteiger partial charge in [-0.2, -0.15) is 0 Å². The highest BCUT2D eigenvalue weighted by Gasteiger charge is 2.31. The van der Waals surface area contributed by atoms with Crippen LogP contribution in [0.4, 0.5) is 0 Å². The van der Waals surface area contributed by atoms with Crippen molar-refractivity contribution in [3.63, 3.8) is 0 Å². The molecule has 2 heteroatoms. The molecule has 0 saturated heterocycles. The minimum Gasteiger partial charge on any atom is -0.393 e. The molecule has 17 heavy (non-hydrogen) atoms. The van der Waals surface area contributed by atoms with E-state index in [1.54, 1.807) is 7.11 Å². The van der Waals surface area contributed by atoms with Gasteiger partial charge in [-0.25, -0.2) is 0 Å². The molecular formula is C15H26O2. The molecule has 0 aromatic carbocycles. The zero-order valence-electron chi connectivity index (χ0n) is 11.3. The van der Waals surface area contributed by atoms with Crippen LogP contribution < -0.4 is 0 Å². The van der Waals surface area contributed by atoms with E-state index in [1.165, 1.54) is 0 Å². The van der Waals surface area contributed by atoms with Crippen molar-refractivity contribution in [1.82, 2.24) is 0 Å². The van der Waals surface area contributed by atoms with Gasteiger partial charge in [0.15, 0.2) is 0 Å². The molecular weight excluding hydrogens is 212 g/mol. The summed E-state index contributed by atoms with van der Waals surface area (Å²) in [6, 6.07) is 0. The van der Waals surface area contributed by atoms with E-state index in [1.807, 2.05) is 13.0 Å². The second kappa shape index (κ2) is 6.97. The van der Waals surface area contributed by atoms with Crippen LogP contribution in [0.5, 0.6) is 0 Å². The van der Waals surface area contributed by atoms with Gasteiger partial charge >= 0.3 is 0 Å². The first-order valence-corrected chi connectivity index (χ1v) is 6.65. The smallest absolute Gasteiger partial charge is 0.0646 e. The fourth-order valence-corrected chi connectivity index (χ4v) is 2.73. The van der Waals surface area contributed by atoms with E-state index in [4.69, 9.17) is 4.74 Å². The summed E-state index contributed by atoms with van der Waals surface area (Å²) in [5, 5.41) is 9.65. The van der Waals surface area contributed by atoms with E-state index in [-0.39, 0.29) is 18.1 Å². The second-order valence-electron chi connectivity index (χ2n) is 5.06. The maximum atomic E-state index is 9.65. The van der Waals surface area contributed by atoms with Crippen LogP contribution in [0.1, 0.15) is 33.1 Å². The van der Waals surface area contributed by atoms with Gasteiger partial charge in [0.05, 0.1) is 12.2 Å². The Kier molecular flexibility index (Phi) is 5.93. The zero-order chi connectivity index (χ0) is 12.8. The summed E-state index contributed by atoms with van der Waals surface area (Å²) in [5.74, 6) is 1.12. The van der Waals surface area contributed by atoms with Gasteiger partial charge in [-0.15, -0.1) is 6.58 Å². The lowest BCUT2D eigenvalue weighted by Gasteiger charge is -2.35. The SMILES string of the molecule is C=CC(CCC)C1C=CC(C(C)O)CC1OC. The maximum absolute atomic E-state index is 9.65. The Balaban J connectivity index is 2.77. The highest BCUT2D eigenvalue weighted by Crippen LogP contribution is 2.34. The Bertz CT molecular complexity index is 258. The number of hydrogen-bond donors (Lipinski definition) is 1. The number of aliphatic hydroxyl groups excluding tert-OH is 1. The van der Waals surface area contributed by atoms with E-state index in [0.717, 1.165) is 19.3 Å². The molecule has 0 bridgehead atoms. The van der Waals surface area contributed by atoms with E-state index in [2.05, 4.69) is 25.7 Å². The topological polar surface area (TPSA) is 29.5 Å². The minimum atomic E-state index is -0.293. The highest BCUT2D eigenvalue weighted by atomic mass is 16.5. The molecule has 0 aromatic heterocycles. The standard InChI is InChI=1S/C15H26O2/c1-5-7-12(6-2)14-9-8-13(11(3)16)10-15(14)17-4/h6,8-9,11-16H,2,5,7,10H2,1,3-4H3. The average molecular weight is 238 g/mol. The van der Waals surface area contributed by atoms with E-state index in [0.29, 0.717) is 11.8 Å². The van der Waals surface area contributed by atoms with Crippen LogP contribution in [0.15, 0.2) is 24.8 Å². The van der Waals surface area contributed by atoms with Crippen LogP contribution in [-0.2, 0) is 4.74 Å². The van der Waals surface area contributed by atoms with Crippen molar-refractivity contribution in [1.29, 1.82) is 0 Å². The molecule has 0 radical (unpaired) electrons. The van der Waals surface area contributed by atoms with Crippen LogP contribution in [0.3, 0.4) is 0 Å². The third-order valence-corrected chi connectivity index (χ3v) is 3.86. The molecule has 0 saturated carbocycles. The molecule has 0 aliphatic heterocycles. The number of allylic oxidation sites excluding steroid dienone is 1. The van der Waals surface area contributed by atoms with Crippen molar-refractivity contribution < 1.29 is 9.84 Å². The first kappa shape index (κ1) is 14.5. The monoisotopic (exact) mass is 238 g/mol. The van der Waals surface area contributed by atoms with Crippen molar-refractivity contribution in [3.05, 3.63) is 24.8 Å². The van der Waals surface area contributed by atoms with E-state index in [9.17, 15) is 5.11 Å². The Morgan fingerprint density at radius 1 is 1.53 bits per heavy atom. The first-order valence-electron chi connectivity index (χ1n) is 6.65. The van der Waals surface area contributed by atoms with Crippen LogP contribution in [-0.4, -0.2) is 24.4 Å². The Hall–Kier alpha value is -0.600. The summed E-state index contributed by atoms with van der Waals surface area (Å²) in [6.45, 7) is 7.98. The summed E-state index contributed by atoms with van der Waals surface area (Å²) >= 11 is 0. The van der Waals surface area contributed by atoms with Crippen LogP contribution in [0.2, 0.25) is 0 Å². The lowest BCUT2D eigenvalue weighted by atomic mass is 9.76. The van der Waals surface area contributed by atoms with E-state index >= 15 is 0 Å². The Morgan fingerprint density at radius 2 is 2.24 bits per heavy atom. The molecule has 5 unspecified atom stereocenters. The van der Waals surface area contributed by atoms with Crippen LogP contribution in [0, 0.1) is 17.8 Å². The molecule has 0 amide bonds. The summed E-state index contributed by atoms with van der Waals surface area (Å²) in [7, 11) is 1.77. The predicted molar refractivity (Wildman–Crippen MR) is 71.8 cm³/mol. The maximum Gasteiger partial charge on any atom is 0.0646 e. The van der Waals surface area contributed by atoms with Crippen molar-refractivity contribution in [2.75, 3.05) is 7.11 Å². The quantitative estimate of drug-likeness (QED) is 0.720. The normalized spacial score (nSPS) is 32.1. The van der Waals surface area contributed by atoms with Gasteiger partial charge in [-0.1, -0.05) is 31.6 Å². The molecule has 5 atom stereocenters. The number of ether oxygens (including phenoxy) is 1. The van der Waals surface area contributed by atoms with Crippen molar-refractivity contribution in [2.24, 2.45) is 17.8 Å². The van der Waals surface area contributed by atoms with Gasteiger partial charge in [0.25, 0.3) is 0 Å². The van der Waals surface area contributed by atoms with Gasteiger partial charge in [-0.05, 0) is 25.7 Å². The van der Waals surface area contributed by atoms with Gasteiger partial charge in [0.1, 0.15) is 0 Å². The molecule has 0 spiro atoms. The number of rotatable bonds is 6. The van der Waals surface area contributed by atoms with Crippen molar-refractivity contribution in [2.45, 2.75) is 45.3 Å². The molecule has 0 heterocycles. The lowest BCUT2D eigenvalue weighted by molar-refractivity contribution is 0.0127. The third kappa shape index (κ3) is 3.68. The number of methoxy groups -OCH3 is 1. The van der Waals surface area contributed by atoms with Gasteiger partial charge in [-0.3, -0.25) is 0 Å².